The number of rotatable bonds is 7. The zero-order chi connectivity index (χ0) is 22.7. The van der Waals surface area contributed by atoms with Gasteiger partial charge in [-0.3, -0.25) is 9.69 Å². The molecule has 9 heteroatoms. The maximum absolute atomic E-state index is 13.0. The summed E-state index contributed by atoms with van der Waals surface area (Å²) >= 11 is 0. The second-order valence-corrected chi connectivity index (χ2v) is 9.57. The highest BCUT2D eigenvalue weighted by Gasteiger charge is 2.29. The minimum Gasteiger partial charge on any atom is -0.497 e. The molecule has 0 N–H and O–H groups in total. The van der Waals surface area contributed by atoms with Crippen molar-refractivity contribution in [3.63, 3.8) is 0 Å². The van der Waals surface area contributed by atoms with E-state index in [2.05, 4.69) is 9.88 Å². The summed E-state index contributed by atoms with van der Waals surface area (Å²) in [4.78, 5) is 18.5. The number of sulfonamides is 1. The van der Waals surface area contributed by atoms with Crippen LogP contribution in [0.5, 0.6) is 5.75 Å². The largest absolute Gasteiger partial charge is 0.497 e. The number of carbonyl (C=O) groups is 1. The number of hydrogen-bond donors (Lipinski definition) is 0. The van der Waals surface area contributed by atoms with Gasteiger partial charge in [-0.2, -0.15) is 4.31 Å². The second kappa shape index (κ2) is 9.23. The first-order valence-corrected chi connectivity index (χ1v) is 11.7. The van der Waals surface area contributed by atoms with Gasteiger partial charge in [0, 0.05) is 43.9 Å². The van der Waals surface area contributed by atoms with Gasteiger partial charge in [-0.1, -0.05) is 12.1 Å². The lowest BCUT2D eigenvalue weighted by molar-refractivity contribution is 0.101. The molecule has 32 heavy (non-hydrogen) atoms. The molecule has 2 heterocycles. The van der Waals surface area contributed by atoms with Gasteiger partial charge in [0.05, 0.1) is 17.7 Å². The van der Waals surface area contributed by atoms with E-state index in [9.17, 15) is 13.2 Å². The summed E-state index contributed by atoms with van der Waals surface area (Å²) < 4.78 is 38.2. The Morgan fingerprint density at radius 3 is 2.47 bits per heavy atom. The predicted octanol–water partition coefficient (Wildman–Crippen LogP) is 3.06. The smallest absolute Gasteiger partial charge is 0.243 e. The number of hydrogen-bond acceptors (Lipinski definition) is 7. The summed E-state index contributed by atoms with van der Waals surface area (Å²) in [5.41, 5.74) is 2.05. The standard InChI is InChI=1S/C23H25N3O5S/c1-17(27)19-4-3-5-22(14-19)32(28,29)26-12-10-25(11-13-26)15-20-16-31-23(24-20)18-6-8-21(30-2)9-7-18/h3-9,14,16H,10-13,15H2,1-2H3. The molecular weight excluding hydrogens is 430 g/mol. The van der Waals surface area contributed by atoms with E-state index in [1.54, 1.807) is 25.5 Å². The van der Waals surface area contributed by atoms with Crippen LogP contribution >= 0.6 is 0 Å². The minimum atomic E-state index is -3.64. The molecule has 2 aromatic carbocycles. The van der Waals surface area contributed by atoms with Crippen molar-refractivity contribution in [2.24, 2.45) is 0 Å². The average molecular weight is 456 g/mol. The van der Waals surface area contributed by atoms with Gasteiger partial charge in [0.2, 0.25) is 15.9 Å². The normalized spacial score (nSPS) is 15.6. The fraction of sp³-hybridized carbons (Fsp3) is 0.304. The molecule has 168 valence electrons. The Labute approximate surface area is 187 Å². The van der Waals surface area contributed by atoms with Gasteiger partial charge in [0.25, 0.3) is 0 Å². The van der Waals surface area contributed by atoms with Gasteiger partial charge < -0.3 is 9.15 Å². The van der Waals surface area contributed by atoms with Crippen LogP contribution in [0.2, 0.25) is 0 Å². The number of benzene rings is 2. The molecule has 0 amide bonds. The summed E-state index contributed by atoms with van der Waals surface area (Å²) in [7, 11) is -2.02. The van der Waals surface area contributed by atoms with Crippen molar-refractivity contribution in [2.75, 3.05) is 33.3 Å². The van der Waals surface area contributed by atoms with Gasteiger partial charge in [0.1, 0.15) is 12.0 Å². The lowest BCUT2D eigenvalue weighted by Gasteiger charge is -2.33. The number of oxazole rings is 1. The third-order valence-electron chi connectivity index (χ3n) is 5.48. The van der Waals surface area contributed by atoms with Crippen LogP contribution in [-0.2, 0) is 16.6 Å². The van der Waals surface area contributed by atoms with Crippen LogP contribution in [0.25, 0.3) is 11.5 Å². The molecule has 0 aliphatic carbocycles. The molecule has 1 aromatic heterocycles. The zero-order valence-corrected chi connectivity index (χ0v) is 18.8. The van der Waals surface area contributed by atoms with Crippen LogP contribution in [0.4, 0.5) is 0 Å². The first-order valence-electron chi connectivity index (χ1n) is 10.3. The van der Waals surface area contributed by atoms with E-state index in [4.69, 9.17) is 9.15 Å². The molecule has 1 saturated heterocycles. The van der Waals surface area contributed by atoms with Crippen molar-refractivity contribution < 1.29 is 22.4 Å². The SMILES string of the molecule is COc1ccc(-c2nc(CN3CCN(S(=O)(=O)c4cccc(C(C)=O)c4)CC3)co2)cc1. The van der Waals surface area contributed by atoms with Crippen LogP contribution in [0.3, 0.4) is 0 Å². The summed E-state index contributed by atoms with van der Waals surface area (Å²) in [6, 6.07) is 13.7. The molecule has 8 nitrogen and oxygen atoms in total. The first kappa shape index (κ1) is 22.2. The van der Waals surface area contributed by atoms with Crippen molar-refractivity contribution in [1.82, 2.24) is 14.2 Å². The molecule has 0 saturated carbocycles. The fourth-order valence-corrected chi connectivity index (χ4v) is 5.10. The quantitative estimate of drug-likeness (QED) is 0.506. The van der Waals surface area contributed by atoms with Crippen LogP contribution < -0.4 is 4.74 Å². The van der Waals surface area contributed by atoms with E-state index in [1.807, 2.05) is 24.3 Å². The third kappa shape index (κ3) is 4.74. The molecular formula is C23H25N3O5S. The Morgan fingerprint density at radius 2 is 1.81 bits per heavy atom. The molecule has 3 aromatic rings. The topological polar surface area (TPSA) is 93.0 Å². The number of methoxy groups -OCH3 is 1. The number of ether oxygens (including phenoxy) is 1. The summed E-state index contributed by atoms with van der Waals surface area (Å²) in [5, 5.41) is 0. The maximum atomic E-state index is 13.0. The van der Waals surface area contributed by atoms with Gasteiger partial charge in [-0.25, -0.2) is 13.4 Å². The third-order valence-corrected chi connectivity index (χ3v) is 7.38. The maximum Gasteiger partial charge on any atom is 0.243 e. The monoisotopic (exact) mass is 455 g/mol. The Morgan fingerprint density at radius 1 is 1.09 bits per heavy atom. The molecule has 0 bridgehead atoms. The highest BCUT2D eigenvalue weighted by Crippen LogP contribution is 2.23. The van der Waals surface area contributed by atoms with Crippen LogP contribution in [0.1, 0.15) is 23.0 Å². The lowest BCUT2D eigenvalue weighted by atomic mass is 10.2. The number of Topliss-reactive ketones (excluding diaryl/α,β-unsaturated/α-hetero) is 1. The number of piperazine rings is 1. The summed E-state index contributed by atoms with van der Waals surface area (Å²) in [6.07, 6.45) is 1.63. The predicted molar refractivity (Wildman–Crippen MR) is 119 cm³/mol. The molecule has 0 spiro atoms. The fourth-order valence-electron chi connectivity index (χ4n) is 3.63. The van der Waals surface area contributed by atoms with Crippen LogP contribution in [0.15, 0.2) is 64.1 Å². The van der Waals surface area contributed by atoms with Crippen molar-refractivity contribution >= 4 is 15.8 Å². The van der Waals surface area contributed by atoms with Gasteiger partial charge >= 0.3 is 0 Å². The molecule has 1 aliphatic heterocycles. The van der Waals surface area contributed by atoms with E-state index in [-0.39, 0.29) is 10.7 Å². The van der Waals surface area contributed by atoms with Crippen molar-refractivity contribution in [3.8, 4) is 17.2 Å². The summed E-state index contributed by atoms with van der Waals surface area (Å²) in [6.45, 7) is 3.90. The number of carbonyl (C=O) groups excluding carboxylic acids is 1. The van der Waals surface area contributed by atoms with E-state index in [1.165, 1.54) is 23.4 Å². The van der Waals surface area contributed by atoms with Crippen molar-refractivity contribution in [1.29, 1.82) is 0 Å². The molecule has 1 fully saturated rings. The average Bonchev–Trinajstić information content (AvgIpc) is 3.28. The van der Waals surface area contributed by atoms with Gasteiger partial charge in [-0.05, 0) is 43.3 Å². The molecule has 0 radical (unpaired) electrons. The number of ketones is 1. The highest BCUT2D eigenvalue weighted by molar-refractivity contribution is 7.89. The van der Waals surface area contributed by atoms with Crippen LogP contribution in [-0.4, -0.2) is 61.7 Å². The van der Waals surface area contributed by atoms with Crippen molar-refractivity contribution in [2.45, 2.75) is 18.4 Å². The van der Waals surface area contributed by atoms with E-state index < -0.39 is 10.0 Å². The van der Waals surface area contributed by atoms with E-state index in [0.717, 1.165) is 17.0 Å². The number of nitrogens with zero attached hydrogens (tertiary/aromatic N) is 3. The Balaban J connectivity index is 1.37. The van der Waals surface area contributed by atoms with E-state index in [0.29, 0.717) is 44.2 Å². The van der Waals surface area contributed by atoms with Gasteiger partial charge in [-0.15, -0.1) is 0 Å². The zero-order valence-electron chi connectivity index (χ0n) is 18.0. The Kier molecular flexibility index (Phi) is 6.40. The first-order chi connectivity index (χ1) is 15.4. The summed E-state index contributed by atoms with van der Waals surface area (Å²) in [5.74, 6) is 1.14. The number of aromatic nitrogens is 1. The lowest BCUT2D eigenvalue weighted by Crippen LogP contribution is -2.48. The Bertz CT molecular complexity index is 1200. The molecule has 1 aliphatic rings. The van der Waals surface area contributed by atoms with Crippen LogP contribution in [0, 0.1) is 0 Å². The minimum absolute atomic E-state index is 0.152. The molecule has 4 rings (SSSR count). The highest BCUT2D eigenvalue weighted by atomic mass is 32.2. The van der Waals surface area contributed by atoms with Crippen molar-refractivity contribution in [3.05, 3.63) is 66.1 Å². The molecule has 0 unspecified atom stereocenters. The van der Waals surface area contributed by atoms with E-state index >= 15 is 0 Å². The van der Waals surface area contributed by atoms with Gasteiger partial charge in [0.15, 0.2) is 5.78 Å². The second-order valence-electron chi connectivity index (χ2n) is 7.64. The Hall–Kier alpha value is -3.01. The molecule has 0 atom stereocenters.